The second-order valence-corrected chi connectivity index (χ2v) is 1.35. The number of nitrogens with one attached hydrogen (secondary N) is 1. The summed E-state index contributed by atoms with van der Waals surface area (Å²) in [6, 6.07) is 0. The fourth-order valence-corrected chi connectivity index (χ4v) is 0.267. The van der Waals surface area contributed by atoms with Crippen LogP contribution in [0.3, 0.4) is 0 Å². The molecule has 0 fully saturated rings. The predicted octanol–water partition coefficient (Wildman–Crippen LogP) is -3.93. The molecule has 57 valence electrons. The third-order valence-electron chi connectivity index (χ3n) is 0.539. The SMILES string of the molecule is O=C([O-])CNCC(=O)[O-].[Fe+3]. The average Bonchev–Trinajstić information content (AvgIpc) is 1.63. The number of carbonyl (C=O) groups is 2. The van der Waals surface area contributed by atoms with E-state index in [0.717, 1.165) is 0 Å². The smallest absolute Gasteiger partial charge is 0.549 e. The van der Waals surface area contributed by atoms with Crippen LogP contribution in [-0.2, 0) is 26.7 Å². The van der Waals surface area contributed by atoms with E-state index in [1.54, 1.807) is 0 Å². The summed E-state index contributed by atoms with van der Waals surface area (Å²) in [7, 11) is 0. The molecule has 0 atom stereocenters. The number of carboxylic acid groups (broad SMARTS) is 2. The van der Waals surface area contributed by atoms with E-state index in [0.29, 0.717) is 0 Å². The first-order valence-corrected chi connectivity index (χ1v) is 2.23. The summed E-state index contributed by atoms with van der Waals surface area (Å²) in [6.45, 7) is -0.929. The Hall–Kier alpha value is -0.581. The van der Waals surface area contributed by atoms with Gasteiger partial charge in [0.2, 0.25) is 0 Å². The summed E-state index contributed by atoms with van der Waals surface area (Å²) in [4.78, 5) is 19.2. The first-order chi connectivity index (χ1) is 4.13. The van der Waals surface area contributed by atoms with E-state index in [2.05, 4.69) is 5.32 Å². The molecule has 0 saturated heterocycles. The summed E-state index contributed by atoms with van der Waals surface area (Å²) in [5.74, 6) is -2.67. The van der Waals surface area contributed by atoms with E-state index < -0.39 is 25.0 Å². The van der Waals surface area contributed by atoms with Crippen molar-refractivity contribution in [3.63, 3.8) is 0 Å². The van der Waals surface area contributed by atoms with Crippen molar-refractivity contribution in [2.24, 2.45) is 0 Å². The van der Waals surface area contributed by atoms with Gasteiger partial charge in [0.25, 0.3) is 0 Å². The Kier molecular flexibility index (Phi) is 7.93. The Labute approximate surface area is 67.9 Å². The van der Waals surface area contributed by atoms with Crippen molar-refractivity contribution in [3.8, 4) is 0 Å². The molecule has 0 heterocycles. The predicted molar refractivity (Wildman–Crippen MR) is 22.9 cm³/mol. The number of hydrogen-bond donors (Lipinski definition) is 1. The molecule has 0 aliphatic heterocycles. The molecule has 0 spiro atoms. The minimum atomic E-state index is -1.34. The molecule has 0 aliphatic rings. The molecule has 0 unspecified atom stereocenters. The van der Waals surface area contributed by atoms with Gasteiger partial charge in [0, 0.05) is 13.1 Å². The maximum Gasteiger partial charge on any atom is 3.00 e. The van der Waals surface area contributed by atoms with Gasteiger partial charge in [-0.25, -0.2) is 0 Å². The molecule has 0 saturated carbocycles. The minimum absolute atomic E-state index is 0. The van der Waals surface area contributed by atoms with E-state index >= 15 is 0 Å². The molecule has 0 amide bonds. The average molecular weight is 187 g/mol. The normalized spacial score (nSPS) is 8.00. The molecular weight excluding hydrogens is 182 g/mol. The summed E-state index contributed by atoms with van der Waals surface area (Å²) in [5, 5.41) is 21.2. The largest absolute Gasteiger partial charge is 3.00 e. The van der Waals surface area contributed by atoms with Gasteiger partial charge in [0.05, 0.1) is 11.9 Å². The van der Waals surface area contributed by atoms with Crippen molar-refractivity contribution in [2.75, 3.05) is 13.1 Å². The molecule has 6 heteroatoms. The Bertz CT molecular complexity index is 112. The van der Waals surface area contributed by atoms with E-state index in [-0.39, 0.29) is 17.1 Å². The van der Waals surface area contributed by atoms with Gasteiger partial charge in [-0.2, -0.15) is 0 Å². The van der Waals surface area contributed by atoms with Crippen LogP contribution in [0.2, 0.25) is 0 Å². The monoisotopic (exact) mass is 187 g/mol. The molecule has 0 aromatic heterocycles. The molecule has 1 N–H and O–H groups in total. The molecule has 0 rings (SSSR count). The van der Waals surface area contributed by atoms with Crippen molar-refractivity contribution in [1.29, 1.82) is 0 Å². The van der Waals surface area contributed by atoms with Gasteiger partial charge in [0.15, 0.2) is 0 Å². The van der Waals surface area contributed by atoms with Crippen LogP contribution >= 0.6 is 0 Å². The second-order valence-electron chi connectivity index (χ2n) is 1.35. The number of carbonyl (C=O) groups excluding carboxylic acids is 2. The molecule has 0 aromatic carbocycles. The summed E-state index contributed by atoms with van der Waals surface area (Å²) < 4.78 is 0. The number of rotatable bonds is 4. The van der Waals surface area contributed by atoms with Crippen LogP contribution < -0.4 is 15.5 Å². The Morgan fingerprint density at radius 1 is 1.10 bits per heavy atom. The first kappa shape index (κ1) is 12.1. The van der Waals surface area contributed by atoms with Crippen molar-refractivity contribution >= 4 is 11.9 Å². The third kappa shape index (κ3) is 10.4. The van der Waals surface area contributed by atoms with Crippen LogP contribution in [0.4, 0.5) is 0 Å². The topological polar surface area (TPSA) is 92.3 Å². The van der Waals surface area contributed by atoms with E-state index in [4.69, 9.17) is 0 Å². The van der Waals surface area contributed by atoms with Gasteiger partial charge < -0.3 is 25.1 Å². The quantitative estimate of drug-likeness (QED) is 0.453. The first-order valence-electron chi connectivity index (χ1n) is 2.23. The van der Waals surface area contributed by atoms with Gasteiger partial charge in [0.1, 0.15) is 0 Å². The zero-order chi connectivity index (χ0) is 7.28. The number of carboxylic acids is 2. The minimum Gasteiger partial charge on any atom is -0.549 e. The third-order valence-corrected chi connectivity index (χ3v) is 0.539. The van der Waals surface area contributed by atoms with Gasteiger partial charge in [-0.15, -0.1) is 0 Å². The molecule has 0 aromatic rings. The van der Waals surface area contributed by atoms with Crippen LogP contribution in [0, 0.1) is 0 Å². The Morgan fingerprint density at radius 2 is 1.40 bits per heavy atom. The van der Waals surface area contributed by atoms with Crippen molar-refractivity contribution in [1.82, 2.24) is 5.32 Å². The van der Waals surface area contributed by atoms with Gasteiger partial charge in [-0.3, -0.25) is 0 Å². The molecule has 5 nitrogen and oxygen atoms in total. The second kappa shape index (κ2) is 6.54. The molecular formula is C4H5FeNO4+. The number of hydrogen-bond acceptors (Lipinski definition) is 5. The van der Waals surface area contributed by atoms with E-state index in [9.17, 15) is 19.8 Å². The van der Waals surface area contributed by atoms with Crippen LogP contribution in [0.25, 0.3) is 0 Å². The van der Waals surface area contributed by atoms with Crippen LogP contribution in [0.15, 0.2) is 0 Å². The van der Waals surface area contributed by atoms with Crippen LogP contribution in [-0.4, -0.2) is 25.0 Å². The maximum atomic E-state index is 9.59. The van der Waals surface area contributed by atoms with Crippen molar-refractivity contribution in [3.05, 3.63) is 0 Å². The van der Waals surface area contributed by atoms with Crippen LogP contribution in [0.5, 0.6) is 0 Å². The maximum absolute atomic E-state index is 9.59. The number of aliphatic carboxylic acids is 2. The van der Waals surface area contributed by atoms with Crippen molar-refractivity contribution in [2.45, 2.75) is 0 Å². The summed E-state index contributed by atoms with van der Waals surface area (Å²) >= 11 is 0. The molecule has 1 radical (unpaired) electrons. The Morgan fingerprint density at radius 3 is 1.60 bits per heavy atom. The van der Waals surface area contributed by atoms with Gasteiger partial charge in [-0.1, -0.05) is 0 Å². The summed E-state index contributed by atoms with van der Waals surface area (Å²) in [6.07, 6.45) is 0. The van der Waals surface area contributed by atoms with Gasteiger partial charge in [-0.05, 0) is 0 Å². The standard InChI is InChI=1S/C4H7NO4.Fe/c6-3(7)1-5-2-4(8)9;/h5H,1-2H2,(H,6,7)(H,8,9);/q;+3/p-2. The fraction of sp³-hybridized carbons (Fsp3) is 0.500. The molecule has 0 aliphatic carbocycles. The molecule has 10 heavy (non-hydrogen) atoms. The van der Waals surface area contributed by atoms with Crippen molar-refractivity contribution < 1.29 is 36.9 Å². The molecule has 0 bridgehead atoms. The Balaban J connectivity index is 0. The fourth-order valence-electron chi connectivity index (χ4n) is 0.267. The van der Waals surface area contributed by atoms with Gasteiger partial charge >= 0.3 is 17.1 Å². The zero-order valence-electron chi connectivity index (χ0n) is 4.90. The summed E-state index contributed by atoms with van der Waals surface area (Å²) in [5.41, 5.74) is 0. The zero-order valence-corrected chi connectivity index (χ0v) is 6.00. The van der Waals surface area contributed by atoms with E-state index in [1.165, 1.54) is 0 Å². The van der Waals surface area contributed by atoms with E-state index in [1.807, 2.05) is 0 Å². The van der Waals surface area contributed by atoms with Crippen LogP contribution in [0.1, 0.15) is 0 Å².